The Kier molecular flexibility index (Phi) is 2.33. The number of aromatic amines is 1. The third kappa shape index (κ3) is 1.96. The standard InChI is InChI=1S/C7H3F3N4O3/c8-7(9,10)6-13-4(17-14-6)2-3(5(15)16)12-1-11-2/h1H,(H,11,12)(H,15,16). The molecule has 0 amide bonds. The van der Waals surface area contributed by atoms with Crippen molar-refractivity contribution in [2.75, 3.05) is 0 Å². The van der Waals surface area contributed by atoms with Gasteiger partial charge in [-0.3, -0.25) is 0 Å². The molecule has 2 heterocycles. The van der Waals surface area contributed by atoms with Gasteiger partial charge in [0.1, 0.15) is 5.69 Å². The molecule has 0 spiro atoms. The summed E-state index contributed by atoms with van der Waals surface area (Å²) in [7, 11) is 0. The average Bonchev–Trinajstić information content (AvgIpc) is 2.85. The third-order valence-electron chi connectivity index (χ3n) is 1.74. The molecule has 0 aliphatic rings. The van der Waals surface area contributed by atoms with E-state index in [4.69, 9.17) is 5.11 Å². The molecule has 0 aliphatic heterocycles. The molecule has 10 heteroatoms. The fourth-order valence-corrected chi connectivity index (χ4v) is 1.06. The fourth-order valence-electron chi connectivity index (χ4n) is 1.06. The van der Waals surface area contributed by atoms with Crippen LogP contribution in [0.3, 0.4) is 0 Å². The Morgan fingerprint density at radius 1 is 1.47 bits per heavy atom. The molecule has 0 saturated heterocycles. The normalized spacial score (nSPS) is 11.7. The van der Waals surface area contributed by atoms with Crippen molar-refractivity contribution in [2.24, 2.45) is 0 Å². The number of hydrogen-bond donors (Lipinski definition) is 2. The van der Waals surface area contributed by atoms with Crippen molar-refractivity contribution in [2.45, 2.75) is 6.18 Å². The first-order valence-corrected chi connectivity index (χ1v) is 4.07. The summed E-state index contributed by atoms with van der Waals surface area (Å²) in [5.74, 6) is -3.50. The van der Waals surface area contributed by atoms with Gasteiger partial charge in [0, 0.05) is 0 Å². The van der Waals surface area contributed by atoms with Crippen LogP contribution >= 0.6 is 0 Å². The number of aromatic carboxylic acids is 1. The SMILES string of the molecule is O=C(O)c1nc[nH]c1-c1nc(C(F)(F)F)no1. The Bertz CT molecular complexity index is 559. The Morgan fingerprint density at radius 2 is 2.18 bits per heavy atom. The highest BCUT2D eigenvalue weighted by Gasteiger charge is 2.38. The number of alkyl halides is 3. The maximum atomic E-state index is 12.2. The van der Waals surface area contributed by atoms with Gasteiger partial charge in [0.15, 0.2) is 5.69 Å². The summed E-state index contributed by atoms with van der Waals surface area (Å²) in [6.07, 6.45) is -3.76. The molecule has 0 radical (unpaired) electrons. The lowest BCUT2D eigenvalue weighted by atomic mass is 10.3. The molecule has 2 rings (SSSR count). The molecule has 0 unspecified atom stereocenters. The number of aromatic nitrogens is 4. The molecule has 0 aliphatic carbocycles. The van der Waals surface area contributed by atoms with Gasteiger partial charge in [-0.05, 0) is 0 Å². The van der Waals surface area contributed by atoms with E-state index < -0.39 is 29.6 Å². The van der Waals surface area contributed by atoms with Gasteiger partial charge >= 0.3 is 12.1 Å². The Morgan fingerprint density at radius 3 is 2.71 bits per heavy atom. The molecule has 0 fully saturated rings. The van der Waals surface area contributed by atoms with Gasteiger partial charge in [-0.15, -0.1) is 0 Å². The number of carboxylic acid groups (broad SMARTS) is 1. The highest BCUT2D eigenvalue weighted by atomic mass is 19.4. The summed E-state index contributed by atoms with van der Waals surface area (Å²) in [6, 6.07) is 0. The number of H-pyrrole nitrogens is 1. The molecular weight excluding hydrogens is 245 g/mol. The molecule has 2 N–H and O–H groups in total. The number of halogens is 3. The first-order chi connectivity index (χ1) is 7.89. The van der Waals surface area contributed by atoms with Crippen LogP contribution in [-0.4, -0.2) is 31.2 Å². The predicted molar refractivity (Wildman–Crippen MR) is 43.8 cm³/mol. The van der Waals surface area contributed by atoms with Crippen molar-refractivity contribution >= 4 is 5.97 Å². The minimum absolute atomic E-state index is 0.277. The second-order valence-electron chi connectivity index (χ2n) is 2.85. The topological polar surface area (TPSA) is 105 Å². The molecule has 0 atom stereocenters. The van der Waals surface area contributed by atoms with Gasteiger partial charge in [-0.25, -0.2) is 9.78 Å². The number of carbonyl (C=O) groups is 1. The van der Waals surface area contributed by atoms with Crippen LogP contribution in [0.5, 0.6) is 0 Å². The van der Waals surface area contributed by atoms with Crippen LogP contribution in [0.1, 0.15) is 16.3 Å². The summed E-state index contributed by atoms with van der Waals surface area (Å²) < 4.78 is 40.8. The second-order valence-corrected chi connectivity index (χ2v) is 2.85. The lowest BCUT2D eigenvalue weighted by Gasteiger charge is -1.96. The monoisotopic (exact) mass is 248 g/mol. The molecule has 7 nitrogen and oxygen atoms in total. The summed E-state index contributed by atoms with van der Waals surface area (Å²) in [5.41, 5.74) is -0.775. The molecule has 2 aromatic heterocycles. The van der Waals surface area contributed by atoms with Crippen molar-refractivity contribution in [3.05, 3.63) is 17.8 Å². The number of imidazole rings is 1. The molecule has 90 valence electrons. The number of rotatable bonds is 2. The zero-order chi connectivity index (χ0) is 12.6. The highest BCUT2D eigenvalue weighted by Crippen LogP contribution is 2.28. The van der Waals surface area contributed by atoms with Crippen molar-refractivity contribution in [1.29, 1.82) is 0 Å². The average molecular weight is 248 g/mol. The third-order valence-corrected chi connectivity index (χ3v) is 1.74. The van der Waals surface area contributed by atoms with E-state index in [0.717, 1.165) is 6.33 Å². The van der Waals surface area contributed by atoms with E-state index in [-0.39, 0.29) is 5.69 Å². The van der Waals surface area contributed by atoms with Crippen LogP contribution in [0.25, 0.3) is 11.6 Å². The maximum Gasteiger partial charge on any atom is 0.455 e. The van der Waals surface area contributed by atoms with Gasteiger partial charge in [0.05, 0.1) is 6.33 Å². The van der Waals surface area contributed by atoms with Crippen LogP contribution in [0.15, 0.2) is 10.9 Å². The number of hydrogen-bond acceptors (Lipinski definition) is 5. The van der Waals surface area contributed by atoms with Gasteiger partial charge in [-0.2, -0.15) is 18.2 Å². The van der Waals surface area contributed by atoms with Crippen LogP contribution in [-0.2, 0) is 6.18 Å². The quantitative estimate of drug-likeness (QED) is 0.826. The maximum absolute atomic E-state index is 12.2. The van der Waals surface area contributed by atoms with Crippen molar-refractivity contribution in [1.82, 2.24) is 20.1 Å². The van der Waals surface area contributed by atoms with Gasteiger partial charge in [-0.1, -0.05) is 5.16 Å². The molecular formula is C7H3F3N4O3. The highest BCUT2D eigenvalue weighted by molar-refractivity contribution is 5.91. The molecule has 17 heavy (non-hydrogen) atoms. The molecule has 0 bridgehead atoms. The van der Waals surface area contributed by atoms with E-state index >= 15 is 0 Å². The van der Waals surface area contributed by atoms with E-state index in [1.807, 2.05) is 0 Å². The van der Waals surface area contributed by atoms with Gasteiger partial charge in [0.25, 0.3) is 11.7 Å². The van der Waals surface area contributed by atoms with Crippen LogP contribution in [0, 0.1) is 0 Å². The van der Waals surface area contributed by atoms with Crippen molar-refractivity contribution in [3.63, 3.8) is 0 Å². The minimum atomic E-state index is -4.76. The zero-order valence-corrected chi connectivity index (χ0v) is 7.82. The van der Waals surface area contributed by atoms with E-state index in [9.17, 15) is 18.0 Å². The Balaban J connectivity index is 2.44. The summed E-state index contributed by atoms with van der Waals surface area (Å²) in [6.45, 7) is 0. The van der Waals surface area contributed by atoms with Gasteiger partial charge < -0.3 is 14.6 Å². The zero-order valence-electron chi connectivity index (χ0n) is 7.82. The molecule has 2 aromatic rings. The first kappa shape index (κ1) is 11.1. The minimum Gasteiger partial charge on any atom is -0.476 e. The Hall–Kier alpha value is -2.39. The fraction of sp³-hybridized carbons (Fsp3) is 0.143. The van der Waals surface area contributed by atoms with Crippen LogP contribution in [0.4, 0.5) is 13.2 Å². The smallest absolute Gasteiger partial charge is 0.455 e. The number of nitrogens with zero attached hydrogens (tertiary/aromatic N) is 3. The molecule has 0 saturated carbocycles. The number of carboxylic acids is 1. The largest absolute Gasteiger partial charge is 0.476 e. The summed E-state index contributed by atoms with van der Waals surface area (Å²) in [5, 5.41) is 11.4. The predicted octanol–water partition coefficient (Wildman–Crippen LogP) is 1.18. The lowest BCUT2D eigenvalue weighted by Crippen LogP contribution is -2.07. The van der Waals surface area contributed by atoms with E-state index in [1.54, 1.807) is 0 Å². The number of nitrogens with one attached hydrogen (secondary N) is 1. The Labute approximate surface area is 90.3 Å². The van der Waals surface area contributed by atoms with E-state index in [2.05, 4.69) is 24.6 Å². The van der Waals surface area contributed by atoms with Crippen LogP contribution < -0.4 is 0 Å². The van der Waals surface area contributed by atoms with E-state index in [0.29, 0.717) is 0 Å². The van der Waals surface area contributed by atoms with Gasteiger partial charge in [0.2, 0.25) is 0 Å². The van der Waals surface area contributed by atoms with Crippen molar-refractivity contribution < 1.29 is 27.6 Å². The molecule has 0 aromatic carbocycles. The first-order valence-electron chi connectivity index (χ1n) is 4.07. The lowest BCUT2D eigenvalue weighted by molar-refractivity contribution is -0.146. The second kappa shape index (κ2) is 3.57. The summed E-state index contributed by atoms with van der Waals surface area (Å²) >= 11 is 0. The van der Waals surface area contributed by atoms with Crippen LogP contribution in [0.2, 0.25) is 0 Å². The van der Waals surface area contributed by atoms with Crippen molar-refractivity contribution in [3.8, 4) is 11.6 Å². The van der Waals surface area contributed by atoms with E-state index in [1.165, 1.54) is 0 Å². The summed E-state index contributed by atoms with van der Waals surface area (Å²) in [4.78, 5) is 19.4.